The smallest absolute Gasteiger partial charge is 0.191 e. The molecule has 0 bridgehead atoms. The van der Waals surface area contributed by atoms with E-state index < -0.39 is 0 Å². The van der Waals surface area contributed by atoms with Crippen LogP contribution in [0.4, 0.5) is 0 Å². The fraction of sp³-hybridized carbons (Fsp3) is 0.955. The predicted octanol–water partition coefficient (Wildman–Crippen LogP) is 2.92. The van der Waals surface area contributed by atoms with E-state index in [4.69, 9.17) is 4.74 Å². The Morgan fingerprint density at radius 3 is 2.45 bits per heavy atom. The second-order valence-corrected chi connectivity index (χ2v) is 9.29. The molecule has 0 amide bonds. The molecule has 170 valence electrons. The number of likely N-dealkylation sites (tertiary alicyclic amines) is 1. The third kappa shape index (κ3) is 7.21. The fourth-order valence-corrected chi connectivity index (χ4v) is 5.30. The Morgan fingerprint density at radius 1 is 1.07 bits per heavy atom. The minimum atomic E-state index is 0. The van der Waals surface area contributed by atoms with Gasteiger partial charge in [-0.25, -0.2) is 0 Å². The summed E-state index contributed by atoms with van der Waals surface area (Å²) >= 11 is 0. The van der Waals surface area contributed by atoms with Crippen LogP contribution in [0.15, 0.2) is 4.99 Å². The van der Waals surface area contributed by atoms with Gasteiger partial charge in [0, 0.05) is 51.4 Å². The maximum Gasteiger partial charge on any atom is 0.191 e. The van der Waals surface area contributed by atoms with E-state index in [2.05, 4.69) is 39.3 Å². The largest absolute Gasteiger partial charge is 0.379 e. The SMILES string of the molecule is CN=C(NCC1CCCN(C(C)C)C1)NCC1(N2CCOCC2)CCCCC1.I. The lowest BCUT2D eigenvalue weighted by molar-refractivity contribution is -0.0352. The van der Waals surface area contributed by atoms with Gasteiger partial charge < -0.3 is 20.3 Å². The summed E-state index contributed by atoms with van der Waals surface area (Å²) in [5, 5.41) is 7.32. The van der Waals surface area contributed by atoms with Gasteiger partial charge in [0.1, 0.15) is 0 Å². The number of piperidine rings is 1. The van der Waals surface area contributed by atoms with Crippen LogP contribution in [0.25, 0.3) is 0 Å². The standard InChI is InChI=1S/C22H43N5O.HI/c1-19(2)26-11-7-8-20(17-26)16-24-21(23-3)25-18-22(9-5-4-6-10-22)27-12-14-28-15-13-27;/h19-20H,4-18H2,1-3H3,(H2,23,24,25);1H. The summed E-state index contributed by atoms with van der Waals surface area (Å²) in [5.41, 5.74) is 0.277. The molecule has 7 heteroatoms. The highest BCUT2D eigenvalue weighted by Crippen LogP contribution is 2.33. The van der Waals surface area contributed by atoms with E-state index in [0.717, 1.165) is 51.3 Å². The molecule has 0 radical (unpaired) electrons. The molecule has 0 aromatic carbocycles. The lowest BCUT2D eigenvalue weighted by Gasteiger charge is -2.48. The molecule has 1 unspecified atom stereocenters. The normalized spacial score (nSPS) is 26.8. The highest BCUT2D eigenvalue weighted by Gasteiger charge is 2.38. The zero-order chi connectivity index (χ0) is 19.8. The maximum atomic E-state index is 5.61. The molecule has 2 heterocycles. The van der Waals surface area contributed by atoms with Gasteiger partial charge in [-0.15, -0.1) is 24.0 Å². The number of ether oxygens (including phenoxy) is 1. The average molecular weight is 522 g/mol. The van der Waals surface area contributed by atoms with Crippen molar-refractivity contribution in [3.8, 4) is 0 Å². The summed E-state index contributed by atoms with van der Waals surface area (Å²) in [6, 6.07) is 0.653. The van der Waals surface area contributed by atoms with E-state index in [1.807, 2.05) is 7.05 Å². The zero-order valence-corrected chi connectivity index (χ0v) is 21.2. The topological polar surface area (TPSA) is 52.1 Å². The molecule has 1 aliphatic carbocycles. The molecule has 3 fully saturated rings. The van der Waals surface area contributed by atoms with Gasteiger partial charge in [-0.3, -0.25) is 9.89 Å². The molecule has 1 saturated carbocycles. The van der Waals surface area contributed by atoms with Crippen molar-refractivity contribution in [2.45, 2.75) is 70.4 Å². The van der Waals surface area contributed by atoms with Crippen molar-refractivity contribution >= 4 is 29.9 Å². The minimum absolute atomic E-state index is 0. The number of hydrogen-bond acceptors (Lipinski definition) is 4. The van der Waals surface area contributed by atoms with Gasteiger partial charge in [0.15, 0.2) is 5.96 Å². The molecule has 0 spiro atoms. The number of nitrogens with one attached hydrogen (secondary N) is 2. The molecule has 2 N–H and O–H groups in total. The fourth-order valence-electron chi connectivity index (χ4n) is 5.30. The van der Waals surface area contributed by atoms with Crippen molar-refractivity contribution in [1.29, 1.82) is 0 Å². The summed E-state index contributed by atoms with van der Waals surface area (Å²) in [4.78, 5) is 9.83. The quantitative estimate of drug-likeness (QED) is 0.320. The maximum absolute atomic E-state index is 5.61. The Kier molecular flexibility index (Phi) is 11.0. The lowest BCUT2D eigenvalue weighted by atomic mass is 9.80. The Morgan fingerprint density at radius 2 is 1.79 bits per heavy atom. The van der Waals surface area contributed by atoms with E-state index in [9.17, 15) is 0 Å². The van der Waals surface area contributed by atoms with Gasteiger partial charge in [-0.1, -0.05) is 19.3 Å². The molecule has 29 heavy (non-hydrogen) atoms. The molecular formula is C22H44IN5O. The molecular weight excluding hydrogens is 477 g/mol. The predicted molar refractivity (Wildman–Crippen MR) is 132 cm³/mol. The Hall–Kier alpha value is -0.120. The van der Waals surface area contributed by atoms with Gasteiger partial charge in [0.2, 0.25) is 0 Å². The summed E-state index contributed by atoms with van der Waals surface area (Å²) in [5.74, 6) is 1.69. The first-order valence-electron chi connectivity index (χ1n) is 11.6. The molecule has 0 aromatic rings. The van der Waals surface area contributed by atoms with Gasteiger partial charge in [0.05, 0.1) is 13.2 Å². The highest BCUT2D eigenvalue weighted by molar-refractivity contribution is 14.0. The number of rotatable bonds is 6. The molecule has 1 atom stereocenters. The molecule has 3 aliphatic rings. The van der Waals surface area contributed by atoms with Crippen LogP contribution in [0.2, 0.25) is 0 Å². The Labute approximate surface area is 195 Å². The van der Waals surface area contributed by atoms with E-state index in [0.29, 0.717) is 6.04 Å². The van der Waals surface area contributed by atoms with Crippen molar-refractivity contribution in [3.05, 3.63) is 0 Å². The number of morpholine rings is 1. The second kappa shape index (κ2) is 12.7. The van der Waals surface area contributed by atoms with Gasteiger partial charge in [0.25, 0.3) is 0 Å². The number of nitrogens with zero attached hydrogens (tertiary/aromatic N) is 3. The second-order valence-electron chi connectivity index (χ2n) is 9.29. The number of halogens is 1. The summed E-state index contributed by atoms with van der Waals surface area (Å²) in [6.07, 6.45) is 9.30. The van der Waals surface area contributed by atoms with Gasteiger partial charge >= 0.3 is 0 Å². The molecule has 0 aromatic heterocycles. The summed E-state index contributed by atoms with van der Waals surface area (Å²) in [7, 11) is 1.90. The summed E-state index contributed by atoms with van der Waals surface area (Å²) < 4.78 is 5.61. The van der Waals surface area contributed by atoms with Crippen LogP contribution in [0.1, 0.15) is 58.8 Å². The van der Waals surface area contributed by atoms with E-state index in [1.165, 1.54) is 58.0 Å². The van der Waals surface area contributed by atoms with Crippen LogP contribution in [-0.2, 0) is 4.74 Å². The first kappa shape index (κ1) is 25.1. The first-order valence-corrected chi connectivity index (χ1v) is 11.6. The number of aliphatic imine (C=N–C) groups is 1. The minimum Gasteiger partial charge on any atom is -0.379 e. The van der Waals surface area contributed by atoms with Gasteiger partial charge in [-0.05, 0) is 52.0 Å². The summed E-state index contributed by atoms with van der Waals surface area (Å²) in [6.45, 7) is 13.0. The monoisotopic (exact) mass is 521 g/mol. The van der Waals surface area contributed by atoms with Crippen molar-refractivity contribution in [2.24, 2.45) is 10.9 Å². The van der Waals surface area contributed by atoms with E-state index in [1.54, 1.807) is 0 Å². The molecule has 2 saturated heterocycles. The van der Waals surface area contributed by atoms with Crippen LogP contribution in [0.3, 0.4) is 0 Å². The number of guanidine groups is 1. The van der Waals surface area contributed by atoms with E-state index >= 15 is 0 Å². The van der Waals surface area contributed by atoms with E-state index in [-0.39, 0.29) is 29.5 Å². The van der Waals surface area contributed by atoms with Crippen LogP contribution in [0.5, 0.6) is 0 Å². The van der Waals surface area contributed by atoms with Crippen molar-refractivity contribution in [3.63, 3.8) is 0 Å². The van der Waals surface area contributed by atoms with Crippen molar-refractivity contribution in [1.82, 2.24) is 20.4 Å². The molecule has 6 nitrogen and oxygen atoms in total. The third-order valence-corrected chi connectivity index (χ3v) is 7.11. The Bertz CT molecular complexity index is 490. The average Bonchev–Trinajstić information content (AvgIpc) is 2.75. The first-order chi connectivity index (χ1) is 13.6. The molecule has 2 aliphatic heterocycles. The van der Waals surface area contributed by atoms with Crippen LogP contribution < -0.4 is 10.6 Å². The number of hydrogen-bond donors (Lipinski definition) is 2. The molecule has 3 rings (SSSR count). The van der Waals surface area contributed by atoms with Crippen LogP contribution in [0, 0.1) is 5.92 Å². The zero-order valence-electron chi connectivity index (χ0n) is 18.9. The van der Waals surface area contributed by atoms with Crippen molar-refractivity contribution < 1.29 is 4.74 Å². The van der Waals surface area contributed by atoms with Crippen LogP contribution >= 0.6 is 24.0 Å². The lowest BCUT2D eigenvalue weighted by Crippen LogP contribution is -2.60. The van der Waals surface area contributed by atoms with Crippen LogP contribution in [-0.4, -0.2) is 86.9 Å². The van der Waals surface area contributed by atoms with Gasteiger partial charge in [-0.2, -0.15) is 0 Å². The highest BCUT2D eigenvalue weighted by atomic mass is 127. The third-order valence-electron chi connectivity index (χ3n) is 7.11. The Balaban J connectivity index is 0.00000300. The van der Waals surface area contributed by atoms with Crippen molar-refractivity contribution in [2.75, 3.05) is 59.5 Å².